The van der Waals surface area contributed by atoms with Crippen LogP contribution in [0, 0.1) is 0 Å². The van der Waals surface area contributed by atoms with E-state index in [1.807, 2.05) is 0 Å². The second-order valence-electron chi connectivity index (χ2n) is 5.46. The Bertz CT molecular complexity index is 634. The molecule has 2 amide bonds. The molecular weight excluding hydrogens is 350 g/mol. The molecule has 0 aliphatic heterocycles. The number of carbonyl (C=O) groups excluding carboxylic acids is 2. The van der Waals surface area contributed by atoms with Crippen LogP contribution < -0.4 is 16.4 Å². The van der Waals surface area contributed by atoms with Gasteiger partial charge in [-0.2, -0.15) is 0 Å². The molecule has 0 saturated heterocycles. The molecule has 3 unspecified atom stereocenters. The number of aliphatic carboxylic acids is 2. The summed E-state index contributed by atoms with van der Waals surface area (Å²) in [5, 5.41) is 31.0. The number of aromatic amines is 1. The number of aromatic nitrogens is 2. The van der Waals surface area contributed by atoms with Crippen molar-refractivity contribution >= 4 is 23.8 Å². The molecule has 0 aliphatic rings. The zero-order chi connectivity index (χ0) is 19.7. The summed E-state index contributed by atoms with van der Waals surface area (Å²) in [7, 11) is 0. The number of nitrogens with one attached hydrogen (secondary N) is 3. The van der Waals surface area contributed by atoms with Crippen molar-refractivity contribution in [1.82, 2.24) is 20.6 Å². The minimum Gasteiger partial charge on any atom is -0.481 e. The second-order valence-corrected chi connectivity index (χ2v) is 5.46. The summed E-state index contributed by atoms with van der Waals surface area (Å²) in [4.78, 5) is 52.4. The lowest BCUT2D eigenvalue weighted by Crippen LogP contribution is -2.56. The molecule has 3 atom stereocenters. The van der Waals surface area contributed by atoms with E-state index in [2.05, 4.69) is 20.6 Å². The minimum absolute atomic E-state index is 0.0407. The highest BCUT2D eigenvalue weighted by Crippen LogP contribution is 2.02. The lowest BCUT2D eigenvalue weighted by Gasteiger charge is -2.21. The van der Waals surface area contributed by atoms with E-state index in [0.29, 0.717) is 5.69 Å². The van der Waals surface area contributed by atoms with Crippen LogP contribution in [0.4, 0.5) is 0 Å². The second kappa shape index (κ2) is 10.1. The number of H-pyrrole nitrogens is 1. The van der Waals surface area contributed by atoms with E-state index in [4.69, 9.17) is 21.1 Å². The molecule has 0 bridgehead atoms. The van der Waals surface area contributed by atoms with Gasteiger partial charge in [0, 0.05) is 24.7 Å². The maximum Gasteiger partial charge on any atom is 0.328 e. The Labute approximate surface area is 147 Å². The average molecular weight is 371 g/mol. The summed E-state index contributed by atoms with van der Waals surface area (Å²) in [5.41, 5.74) is 6.09. The number of carboxylic acids is 2. The molecular formula is C14H21N5O7. The normalized spacial score (nSPS) is 14.1. The number of rotatable bonds is 11. The van der Waals surface area contributed by atoms with Crippen molar-refractivity contribution in [3.05, 3.63) is 18.2 Å². The number of hydrogen-bond acceptors (Lipinski definition) is 7. The third kappa shape index (κ3) is 6.86. The number of aliphatic hydroxyl groups is 1. The predicted octanol–water partition coefficient (Wildman–Crippen LogP) is -2.81. The van der Waals surface area contributed by atoms with Gasteiger partial charge in [-0.05, 0) is 6.42 Å². The number of hydrogen-bond donors (Lipinski definition) is 7. The Hall–Kier alpha value is -2.99. The van der Waals surface area contributed by atoms with E-state index in [-0.39, 0.29) is 19.3 Å². The van der Waals surface area contributed by atoms with Crippen molar-refractivity contribution in [2.24, 2.45) is 5.73 Å². The van der Waals surface area contributed by atoms with Gasteiger partial charge in [0.2, 0.25) is 11.8 Å². The van der Waals surface area contributed by atoms with E-state index in [1.54, 1.807) is 0 Å². The Kier molecular flexibility index (Phi) is 8.18. The fourth-order valence-electron chi connectivity index (χ4n) is 1.97. The molecule has 0 aromatic carbocycles. The number of nitrogens with zero attached hydrogens (tertiary/aromatic N) is 1. The fraction of sp³-hybridized carbons (Fsp3) is 0.500. The number of aliphatic hydroxyl groups excluding tert-OH is 1. The Morgan fingerprint density at radius 3 is 2.31 bits per heavy atom. The predicted molar refractivity (Wildman–Crippen MR) is 85.7 cm³/mol. The van der Waals surface area contributed by atoms with Gasteiger partial charge in [0.1, 0.15) is 12.1 Å². The van der Waals surface area contributed by atoms with Gasteiger partial charge in [-0.15, -0.1) is 0 Å². The molecule has 26 heavy (non-hydrogen) atoms. The van der Waals surface area contributed by atoms with Crippen molar-refractivity contribution in [3.63, 3.8) is 0 Å². The third-order valence-electron chi connectivity index (χ3n) is 3.42. The zero-order valence-corrected chi connectivity index (χ0v) is 13.7. The van der Waals surface area contributed by atoms with Gasteiger partial charge in [-0.3, -0.25) is 14.4 Å². The number of nitrogens with two attached hydrogens (primary N) is 1. The molecule has 1 rings (SSSR count). The standard InChI is InChI=1S/C14H21N5O7/c15-8(1-2-11(21)22)12(23)18-9(3-7-4-16-6-17-7)13(24)19-10(5-20)14(25)26/h4,6,8-10,20H,1-3,5,15H2,(H,16,17)(H,18,23)(H,19,24)(H,21,22)(H,25,26). The molecule has 0 aliphatic carbocycles. The first kappa shape index (κ1) is 21.1. The van der Waals surface area contributed by atoms with E-state index >= 15 is 0 Å². The highest BCUT2D eigenvalue weighted by molar-refractivity contribution is 5.92. The van der Waals surface area contributed by atoms with E-state index in [1.165, 1.54) is 12.5 Å². The molecule has 0 saturated carbocycles. The van der Waals surface area contributed by atoms with Crippen molar-refractivity contribution < 1.29 is 34.5 Å². The van der Waals surface area contributed by atoms with Gasteiger partial charge in [0.05, 0.1) is 19.0 Å². The van der Waals surface area contributed by atoms with Gasteiger partial charge in [-0.1, -0.05) is 0 Å². The van der Waals surface area contributed by atoms with Gasteiger partial charge in [-0.25, -0.2) is 9.78 Å². The van der Waals surface area contributed by atoms with Crippen molar-refractivity contribution in [3.8, 4) is 0 Å². The summed E-state index contributed by atoms with van der Waals surface area (Å²) in [5.74, 6) is -4.17. The van der Waals surface area contributed by atoms with Crippen LogP contribution >= 0.6 is 0 Å². The van der Waals surface area contributed by atoms with Gasteiger partial charge < -0.3 is 36.7 Å². The third-order valence-corrected chi connectivity index (χ3v) is 3.42. The molecule has 0 fully saturated rings. The van der Waals surface area contributed by atoms with Crippen molar-refractivity contribution in [2.45, 2.75) is 37.4 Å². The Balaban J connectivity index is 2.80. The van der Waals surface area contributed by atoms with E-state index < -0.39 is 48.5 Å². The minimum atomic E-state index is -1.54. The van der Waals surface area contributed by atoms with Crippen LogP contribution in [0.25, 0.3) is 0 Å². The van der Waals surface area contributed by atoms with Gasteiger partial charge in [0.15, 0.2) is 0 Å². The summed E-state index contributed by atoms with van der Waals surface area (Å²) in [6.45, 7) is -0.829. The summed E-state index contributed by atoms with van der Waals surface area (Å²) in [6.07, 6.45) is 2.28. The molecule has 12 nitrogen and oxygen atoms in total. The first-order valence-electron chi connectivity index (χ1n) is 7.63. The molecule has 144 valence electrons. The maximum atomic E-state index is 12.3. The molecule has 0 radical (unpaired) electrons. The largest absolute Gasteiger partial charge is 0.481 e. The Morgan fingerprint density at radius 2 is 1.81 bits per heavy atom. The molecule has 1 aromatic heterocycles. The van der Waals surface area contributed by atoms with Crippen LogP contribution in [0.1, 0.15) is 18.5 Å². The zero-order valence-electron chi connectivity index (χ0n) is 13.7. The average Bonchev–Trinajstić information content (AvgIpc) is 3.09. The van der Waals surface area contributed by atoms with Crippen LogP contribution in [-0.4, -0.2) is 73.8 Å². The molecule has 1 heterocycles. The van der Waals surface area contributed by atoms with Crippen LogP contribution in [0.5, 0.6) is 0 Å². The number of amides is 2. The summed E-state index contributed by atoms with van der Waals surface area (Å²) in [6, 6.07) is -3.90. The van der Waals surface area contributed by atoms with Crippen LogP contribution in [0.3, 0.4) is 0 Å². The fourth-order valence-corrected chi connectivity index (χ4v) is 1.97. The lowest BCUT2D eigenvalue weighted by atomic mass is 10.1. The highest BCUT2D eigenvalue weighted by Gasteiger charge is 2.28. The maximum absolute atomic E-state index is 12.3. The number of carbonyl (C=O) groups is 4. The monoisotopic (exact) mass is 371 g/mol. The summed E-state index contributed by atoms with van der Waals surface area (Å²) >= 11 is 0. The van der Waals surface area contributed by atoms with E-state index in [0.717, 1.165) is 0 Å². The summed E-state index contributed by atoms with van der Waals surface area (Å²) < 4.78 is 0. The quantitative estimate of drug-likeness (QED) is 0.214. The van der Waals surface area contributed by atoms with Crippen molar-refractivity contribution in [1.29, 1.82) is 0 Å². The lowest BCUT2D eigenvalue weighted by molar-refractivity contribution is -0.143. The first-order valence-corrected chi connectivity index (χ1v) is 7.63. The first-order chi connectivity index (χ1) is 12.2. The molecule has 8 N–H and O–H groups in total. The SMILES string of the molecule is NC(CCC(=O)O)C(=O)NC(Cc1cnc[nH]1)C(=O)NC(CO)C(=O)O. The molecule has 0 spiro atoms. The Morgan fingerprint density at radius 1 is 1.15 bits per heavy atom. The van der Waals surface area contributed by atoms with Crippen LogP contribution in [0.15, 0.2) is 12.5 Å². The topological polar surface area (TPSA) is 208 Å². The van der Waals surface area contributed by atoms with Crippen LogP contribution in [0.2, 0.25) is 0 Å². The number of carboxylic acid groups (broad SMARTS) is 2. The van der Waals surface area contributed by atoms with Gasteiger partial charge in [0.25, 0.3) is 0 Å². The molecule has 1 aromatic rings. The smallest absolute Gasteiger partial charge is 0.328 e. The van der Waals surface area contributed by atoms with Gasteiger partial charge >= 0.3 is 11.9 Å². The number of imidazole rings is 1. The molecule has 12 heteroatoms. The van der Waals surface area contributed by atoms with Crippen LogP contribution in [-0.2, 0) is 25.6 Å². The highest BCUT2D eigenvalue weighted by atomic mass is 16.4. The van der Waals surface area contributed by atoms with E-state index in [9.17, 15) is 19.2 Å². The van der Waals surface area contributed by atoms with Crippen molar-refractivity contribution in [2.75, 3.05) is 6.61 Å².